The van der Waals surface area contributed by atoms with Crippen LogP contribution in [0.15, 0.2) is 57.9 Å². The van der Waals surface area contributed by atoms with E-state index in [1.807, 2.05) is 31.2 Å². The lowest BCUT2D eigenvalue weighted by molar-refractivity contribution is -0.121. The molecule has 0 bridgehead atoms. The molecule has 0 aliphatic rings. The number of hydrogen-bond donors (Lipinski definition) is 1. The van der Waals surface area contributed by atoms with Crippen molar-refractivity contribution >= 4 is 27.3 Å². The highest BCUT2D eigenvalue weighted by atomic mass is 35.5. The molecule has 1 N–H and O–H groups in total. The zero-order chi connectivity index (χ0) is 22.3. The van der Waals surface area contributed by atoms with Crippen LogP contribution in [0.25, 0.3) is 0 Å². The summed E-state index contributed by atoms with van der Waals surface area (Å²) in [5.74, 6) is 0.449. The van der Waals surface area contributed by atoms with Gasteiger partial charge in [0.2, 0.25) is 11.8 Å². The number of rotatable bonds is 10. The van der Waals surface area contributed by atoms with Gasteiger partial charge in [-0.3, -0.25) is 4.79 Å². The van der Waals surface area contributed by atoms with Gasteiger partial charge in [-0.15, -0.1) is 0 Å². The van der Waals surface area contributed by atoms with Gasteiger partial charge < -0.3 is 14.6 Å². The second-order valence-corrected chi connectivity index (χ2v) is 9.10. The molecule has 0 unspecified atom stereocenters. The van der Waals surface area contributed by atoms with Crippen LogP contribution in [0.2, 0.25) is 5.02 Å². The van der Waals surface area contributed by atoms with E-state index in [0.717, 1.165) is 11.3 Å². The highest BCUT2D eigenvalue weighted by molar-refractivity contribution is 7.90. The van der Waals surface area contributed by atoms with Gasteiger partial charge >= 0.3 is 0 Å². The Kier molecular flexibility index (Phi) is 7.64. The van der Waals surface area contributed by atoms with Crippen molar-refractivity contribution in [2.75, 3.05) is 6.61 Å². The number of ether oxygens (including phenoxy) is 1. The van der Waals surface area contributed by atoms with Crippen LogP contribution in [-0.4, -0.2) is 31.1 Å². The van der Waals surface area contributed by atoms with Crippen LogP contribution in [0.3, 0.4) is 0 Å². The fourth-order valence-electron chi connectivity index (χ4n) is 2.73. The largest absolute Gasteiger partial charge is 0.494 e. The Morgan fingerprint density at radius 1 is 1.13 bits per heavy atom. The minimum atomic E-state index is -3.63. The van der Waals surface area contributed by atoms with E-state index in [4.69, 9.17) is 20.9 Å². The molecule has 1 amide bonds. The maximum Gasteiger partial charge on any atom is 0.227 e. The van der Waals surface area contributed by atoms with Crippen molar-refractivity contribution in [1.29, 1.82) is 0 Å². The molecule has 0 aliphatic heterocycles. The standard InChI is InChI=1S/C21H22ClN3O5S/c1-2-29-17-7-3-15(4-8-17)13-23-20(26)11-12-21-24-19(25-30-21)14-31(27,28)18-9-5-16(22)6-10-18/h3-10H,2,11-14H2,1H3,(H,23,26). The fourth-order valence-corrected chi connectivity index (χ4v) is 4.03. The lowest BCUT2D eigenvalue weighted by Crippen LogP contribution is -2.23. The average Bonchev–Trinajstić information content (AvgIpc) is 3.19. The van der Waals surface area contributed by atoms with Crippen LogP contribution in [-0.2, 0) is 33.4 Å². The molecule has 1 aromatic heterocycles. The van der Waals surface area contributed by atoms with Crippen molar-refractivity contribution in [3.05, 3.63) is 70.8 Å². The lowest BCUT2D eigenvalue weighted by Gasteiger charge is -2.06. The van der Waals surface area contributed by atoms with Crippen LogP contribution < -0.4 is 10.1 Å². The molecular weight excluding hydrogens is 442 g/mol. The molecule has 2 aromatic carbocycles. The molecule has 0 atom stereocenters. The minimum Gasteiger partial charge on any atom is -0.494 e. The zero-order valence-electron chi connectivity index (χ0n) is 16.9. The Bertz CT molecular complexity index is 1110. The van der Waals surface area contributed by atoms with E-state index in [2.05, 4.69) is 15.5 Å². The number of halogens is 1. The van der Waals surface area contributed by atoms with E-state index in [-0.39, 0.29) is 35.4 Å². The molecule has 0 saturated carbocycles. The van der Waals surface area contributed by atoms with Crippen molar-refractivity contribution in [3.63, 3.8) is 0 Å². The van der Waals surface area contributed by atoms with Crippen LogP contribution in [0, 0.1) is 0 Å². The third kappa shape index (κ3) is 6.80. The van der Waals surface area contributed by atoms with E-state index < -0.39 is 15.6 Å². The van der Waals surface area contributed by atoms with E-state index in [1.165, 1.54) is 24.3 Å². The third-order valence-electron chi connectivity index (χ3n) is 4.29. The van der Waals surface area contributed by atoms with E-state index in [1.54, 1.807) is 0 Å². The molecular formula is C21H22ClN3O5S. The number of nitrogens with zero attached hydrogens (tertiary/aromatic N) is 2. The van der Waals surface area contributed by atoms with Crippen LogP contribution in [0.1, 0.15) is 30.6 Å². The molecule has 3 aromatic rings. The van der Waals surface area contributed by atoms with Crippen LogP contribution >= 0.6 is 11.6 Å². The Morgan fingerprint density at radius 2 is 1.84 bits per heavy atom. The van der Waals surface area contributed by atoms with Gasteiger partial charge in [0.15, 0.2) is 15.7 Å². The van der Waals surface area contributed by atoms with Gasteiger partial charge in [0.05, 0.1) is 11.5 Å². The van der Waals surface area contributed by atoms with Gasteiger partial charge in [-0.2, -0.15) is 4.98 Å². The van der Waals surface area contributed by atoms with E-state index >= 15 is 0 Å². The van der Waals surface area contributed by atoms with Crippen molar-refractivity contribution in [3.8, 4) is 5.75 Å². The van der Waals surface area contributed by atoms with Crippen LogP contribution in [0.4, 0.5) is 0 Å². The normalized spacial score (nSPS) is 11.3. The molecule has 164 valence electrons. The number of nitrogens with one attached hydrogen (secondary N) is 1. The van der Waals surface area contributed by atoms with Crippen LogP contribution in [0.5, 0.6) is 5.75 Å². The Morgan fingerprint density at radius 3 is 2.52 bits per heavy atom. The summed E-state index contributed by atoms with van der Waals surface area (Å²) < 4.78 is 35.3. The number of carbonyl (C=O) groups excluding carboxylic acids is 1. The number of hydrogen-bond acceptors (Lipinski definition) is 7. The average molecular weight is 464 g/mol. The third-order valence-corrected chi connectivity index (χ3v) is 6.17. The molecule has 8 nitrogen and oxygen atoms in total. The number of aryl methyl sites for hydroxylation is 1. The maximum absolute atomic E-state index is 12.4. The molecule has 10 heteroatoms. The quantitative estimate of drug-likeness (QED) is 0.490. The second-order valence-electron chi connectivity index (χ2n) is 6.67. The summed E-state index contributed by atoms with van der Waals surface area (Å²) in [5.41, 5.74) is 0.948. The summed E-state index contributed by atoms with van der Waals surface area (Å²) in [6, 6.07) is 13.3. The lowest BCUT2D eigenvalue weighted by atomic mass is 10.2. The molecule has 31 heavy (non-hydrogen) atoms. The molecule has 0 spiro atoms. The summed E-state index contributed by atoms with van der Waals surface area (Å²) >= 11 is 5.79. The van der Waals surface area contributed by atoms with E-state index in [0.29, 0.717) is 18.2 Å². The highest BCUT2D eigenvalue weighted by Crippen LogP contribution is 2.18. The topological polar surface area (TPSA) is 111 Å². The first-order valence-electron chi connectivity index (χ1n) is 9.64. The van der Waals surface area contributed by atoms with Crippen molar-refractivity contribution < 1.29 is 22.5 Å². The molecule has 0 saturated heterocycles. The number of benzene rings is 2. The minimum absolute atomic E-state index is 0.0414. The van der Waals surface area contributed by atoms with Gasteiger partial charge in [-0.05, 0) is 48.9 Å². The summed E-state index contributed by atoms with van der Waals surface area (Å²) in [6.45, 7) is 2.90. The predicted molar refractivity (Wildman–Crippen MR) is 114 cm³/mol. The van der Waals surface area contributed by atoms with Crippen molar-refractivity contribution in [1.82, 2.24) is 15.5 Å². The first-order valence-corrected chi connectivity index (χ1v) is 11.7. The summed E-state index contributed by atoms with van der Waals surface area (Å²) in [6.07, 6.45) is 0.353. The Labute approximate surface area is 185 Å². The Hall–Kier alpha value is -2.91. The van der Waals surface area contributed by atoms with Gasteiger partial charge in [0, 0.05) is 24.4 Å². The summed E-state index contributed by atoms with van der Waals surface area (Å²) in [4.78, 5) is 16.3. The Balaban J connectivity index is 1.47. The predicted octanol–water partition coefficient (Wildman–Crippen LogP) is 3.34. The summed E-state index contributed by atoms with van der Waals surface area (Å²) in [5, 5.41) is 6.97. The molecule has 0 radical (unpaired) electrons. The maximum atomic E-state index is 12.4. The highest BCUT2D eigenvalue weighted by Gasteiger charge is 2.19. The smallest absolute Gasteiger partial charge is 0.227 e. The number of amides is 1. The van der Waals surface area contributed by atoms with Crippen molar-refractivity contribution in [2.24, 2.45) is 0 Å². The monoisotopic (exact) mass is 463 g/mol. The first kappa shape index (κ1) is 22.8. The van der Waals surface area contributed by atoms with Gasteiger partial charge in [0.25, 0.3) is 0 Å². The molecule has 0 fully saturated rings. The molecule has 0 aliphatic carbocycles. The van der Waals surface area contributed by atoms with E-state index in [9.17, 15) is 13.2 Å². The SMILES string of the molecule is CCOc1ccc(CNC(=O)CCc2nc(CS(=O)(=O)c3ccc(Cl)cc3)no2)cc1. The van der Waals surface area contributed by atoms with Crippen molar-refractivity contribution in [2.45, 2.75) is 37.0 Å². The number of aromatic nitrogens is 2. The first-order chi connectivity index (χ1) is 14.9. The number of sulfone groups is 1. The second kappa shape index (κ2) is 10.4. The number of carbonyl (C=O) groups is 1. The van der Waals surface area contributed by atoms with Gasteiger partial charge in [0.1, 0.15) is 11.5 Å². The zero-order valence-corrected chi connectivity index (χ0v) is 18.4. The van der Waals surface area contributed by atoms with Gasteiger partial charge in [-0.25, -0.2) is 8.42 Å². The fraction of sp³-hybridized carbons (Fsp3) is 0.286. The summed E-state index contributed by atoms with van der Waals surface area (Å²) in [7, 11) is -3.63. The van der Waals surface area contributed by atoms with Gasteiger partial charge in [-0.1, -0.05) is 28.9 Å². The molecule has 3 rings (SSSR count). The molecule has 1 heterocycles.